The Morgan fingerprint density at radius 3 is 2.00 bits per heavy atom. The van der Waals surface area contributed by atoms with E-state index in [9.17, 15) is 0 Å². The Morgan fingerprint density at radius 1 is 0.571 bits per heavy atom. The molecule has 3 rings (SSSR count). The molecule has 0 unspecified atom stereocenters. The van der Waals surface area contributed by atoms with Gasteiger partial charge in [0, 0.05) is 12.2 Å². The summed E-state index contributed by atoms with van der Waals surface area (Å²) in [4.78, 5) is 9.04. The number of nitrogens with zero attached hydrogens (tertiary/aromatic N) is 2. The lowest BCUT2D eigenvalue weighted by atomic mass is 10.1. The van der Waals surface area contributed by atoms with Crippen LogP contribution in [0.25, 0.3) is 22.2 Å². The van der Waals surface area contributed by atoms with Gasteiger partial charge >= 0.3 is 0 Å². The van der Waals surface area contributed by atoms with Gasteiger partial charge in [0.15, 0.2) is 11.6 Å². The van der Waals surface area contributed by atoms with E-state index in [1.165, 1.54) is 51.4 Å². The molecule has 0 N–H and O–H groups in total. The van der Waals surface area contributed by atoms with E-state index in [1.54, 1.807) is 12.4 Å². The minimum Gasteiger partial charge on any atom is -0.491 e. The Kier molecular flexibility index (Phi) is 12.4. The van der Waals surface area contributed by atoms with Crippen LogP contribution in [0, 0.1) is 0 Å². The summed E-state index contributed by atoms with van der Waals surface area (Å²) in [7, 11) is 0. The van der Waals surface area contributed by atoms with Crippen molar-refractivity contribution in [3.8, 4) is 22.9 Å². The summed E-state index contributed by atoms with van der Waals surface area (Å²) in [6.45, 7) is 7.19. The first kappa shape index (κ1) is 26.9. The Balaban J connectivity index is 1.43. The second-order valence-corrected chi connectivity index (χ2v) is 9.10. The summed E-state index contributed by atoms with van der Waals surface area (Å²) >= 11 is 0. The van der Waals surface area contributed by atoms with Gasteiger partial charge in [-0.1, -0.05) is 83.4 Å². The first-order valence-corrected chi connectivity index (χ1v) is 13.5. The van der Waals surface area contributed by atoms with Crippen LogP contribution in [-0.4, -0.2) is 36.4 Å². The summed E-state index contributed by atoms with van der Waals surface area (Å²) in [6, 6.07) is 12.4. The Morgan fingerprint density at radius 2 is 1.20 bits per heavy atom. The number of hydrogen-bond donors (Lipinski definition) is 0. The zero-order valence-electron chi connectivity index (χ0n) is 21.6. The van der Waals surface area contributed by atoms with Crippen molar-refractivity contribution in [2.45, 2.75) is 78.1 Å². The molecule has 0 spiro atoms. The number of unbranched alkanes of at least 4 members (excludes halogenated alkanes) is 8. The average molecular weight is 479 g/mol. The number of aromatic nitrogens is 2. The number of benzene rings is 2. The van der Waals surface area contributed by atoms with Gasteiger partial charge in [-0.25, -0.2) is 9.97 Å². The molecule has 0 amide bonds. The number of hydrogen-bond acceptors (Lipinski definition) is 5. The summed E-state index contributed by atoms with van der Waals surface area (Å²) < 4.78 is 17.3. The van der Waals surface area contributed by atoms with E-state index in [1.807, 2.05) is 6.07 Å². The lowest BCUT2D eigenvalue weighted by molar-refractivity contribution is 0.0972. The number of ether oxygens (including phenoxy) is 3. The highest BCUT2D eigenvalue weighted by molar-refractivity contribution is 5.87. The molecule has 0 aliphatic carbocycles. The van der Waals surface area contributed by atoms with Gasteiger partial charge in [-0.2, -0.15) is 0 Å². The van der Waals surface area contributed by atoms with Gasteiger partial charge in [-0.3, -0.25) is 0 Å². The first-order chi connectivity index (χ1) is 17.3. The van der Waals surface area contributed by atoms with Crippen molar-refractivity contribution in [1.29, 1.82) is 0 Å². The van der Waals surface area contributed by atoms with Gasteiger partial charge in [0.1, 0.15) is 12.4 Å². The molecule has 5 nitrogen and oxygen atoms in total. The van der Waals surface area contributed by atoms with Gasteiger partial charge in [0.2, 0.25) is 0 Å². The fourth-order valence-electron chi connectivity index (χ4n) is 4.02. The highest BCUT2D eigenvalue weighted by Crippen LogP contribution is 2.26. The fraction of sp³-hybridized carbons (Fsp3) is 0.533. The molecule has 3 aromatic rings. The quantitative estimate of drug-likeness (QED) is 0.173. The maximum absolute atomic E-state index is 5.87. The SMILES string of the molecule is CCCCCCCCOc1cnc(-c2ccc3cc(OCCOCCCCCC)ccc3c2)nc1. The molecule has 0 saturated carbocycles. The van der Waals surface area contributed by atoms with Crippen molar-refractivity contribution in [3.05, 3.63) is 48.8 Å². The standard InChI is InChI=1S/C30H42N2O3/c1-3-5-7-9-10-12-18-34-29-23-31-30(32-24-29)27-14-13-26-22-28(16-15-25(26)21-27)35-20-19-33-17-11-8-6-4-2/h13-16,21-24H,3-12,17-20H2,1-2H3. The van der Waals surface area contributed by atoms with Gasteiger partial charge in [0.25, 0.3) is 0 Å². The third-order valence-corrected chi connectivity index (χ3v) is 6.10. The molecule has 190 valence electrons. The van der Waals surface area contributed by atoms with Crippen LogP contribution in [-0.2, 0) is 4.74 Å². The molecule has 0 radical (unpaired) electrons. The lowest BCUT2D eigenvalue weighted by Crippen LogP contribution is -2.07. The van der Waals surface area contributed by atoms with E-state index in [2.05, 4.69) is 54.1 Å². The highest BCUT2D eigenvalue weighted by atomic mass is 16.5. The molecule has 1 heterocycles. The van der Waals surface area contributed by atoms with E-state index in [0.717, 1.165) is 53.9 Å². The summed E-state index contributed by atoms with van der Waals surface area (Å²) in [5.74, 6) is 2.30. The third-order valence-electron chi connectivity index (χ3n) is 6.10. The zero-order valence-corrected chi connectivity index (χ0v) is 21.6. The second kappa shape index (κ2) is 16.1. The molecule has 0 atom stereocenters. The monoisotopic (exact) mass is 478 g/mol. The Labute approximate surface area is 211 Å². The van der Waals surface area contributed by atoms with Crippen LogP contribution in [0.15, 0.2) is 48.8 Å². The summed E-state index contributed by atoms with van der Waals surface area (Å²) in [5.41, 5.74) is 0.991. The summed E-state index contributed by atoms with van der Waals surface area (Å²) in [5, 5.41) is 2.26. The molecule has 0 bridgehead atoms. The van der Waals surface area contributed by atoms with Crippen LogP contribution in [0.2, 0.25) is 0 Å². The topological polar surface area (TPSA) is 53.5 Å². The van der Waals surface area contributed by atoms with Crippen molar-refractivity contribution in [1.82, 2.24) is 9.97 Å². The molecule has 1 aromatic heterocycles. The van der Waals surface area contributed by atoms with Gasteiger partial charge in [0.05, 0.1) is 25.6 Å². The Hall–Kier alpha value is -2.66. The first-order valence-electron chi connectivity index (χ1n) is 13.5. The molecule has 5 heteroatoms. The summed E-state index contributed by atoms with van der Waals surface area (Å²) in [6.07, 6.45) is 16.0. The number of fused-ring (bicyclic) bond motifs is 1. The zero-order chi connectivity index (χ0) is 24.6. The minimum atomic E-state index is 0.568. The second-order valence-electron chi connectivity index (χ2n) is 9.10. The van der Waals surface area contributed by atoms with Crippen molar-refractivity contribution in [2.75, 3.05) is 26.4 Å². The van der Waals surface area contributed by atoms with Gasteiger partial charge in [-0.15, -0.1) is 0 Å². The molecular weight excluding hydrogens is 436 g/mol. The largest absolute Gasteiger partial charge is 0.491 e. The van der Waals surface area contributed by atoms with Crippen LogP contribution in [0.4, 0.5) is 0 Å². The smallest absolute Gasteiger partial charge is 0.159 e. The normalized spacial score (nSPS) is 11.1. The van der Waals surface area contributed by atoms with E-state index in [-0.39, 0.29) is 0 Å². The molecule has 0 aliphatic rings. The lowest BCUT2D eigenvalue weighted by Gasteiger charge is -2.09. The molecular formula is C30H42N2O3. The third kappa shape index (κ3) is 9.85. The van der Waals surface area contributed by atoms with Crippen molar-refractivity contribution in [3.63, 3.8) is 0 Å². The maximum atomic E-state index is 5.87. The van der Waals surface area contributed by atoms with E-state index < -0.39 is 0 Å². The average Bonchev–Trinajstić information content (AvgIpc) is 2.89. The number of rotatable bonds is 18. The van der Waals surface area contributed by atoms with Crippen LogP contribution in [0.1, 0.15) is 78.1 Å². The van der Waals surface area contributed by atoms with Crippen molar-refractivity contribution >= 4 is 10.8 Å². The van der Waals surface area contributed by atoms with Crippen LogP contribution >= 0.6 is 0 Å². The highest BCUT2D eigenvalue weighted by Gasteiger charge is 2.05. The molecule has 0 aliphatic heterocycles. The minimum absolute atomic E-state index is 0.568. The van der Waals surface area contributed by atoms with E-state index in [4.69, 9.17) is 14.2 Å². The van der Waals surface area contributed by atoms with Gasteiger partial charge < -0.3 is 14.2 Å². The molecule has 35 heavy (non-hydrogen) atoms. The molecule has 0 fully saturated rings. The van der Waals surface area contributed by atoms with Crippen LogP contribution in [0.5, 0.6) is 11.5 Å². The van der Waals surface area contributed by atoms with E-state index in [0.29, 0.717) is 19.0 Å². The molecule has 0 saturated heterocycles. The fourth-order valence-corrected chi connectivity index (χ4v) is 4.02. The van der Waals surface area contributed by atoms with Crippen molar-refractivity contribution < 1.29 is 14.2 Å². The predicted molar refractivity (Wildman–Crippen MR) is 144 cm³/mol. The van der Waals surface area contributed by atoms with Crippen LogP contribution < -0.4 is 9.47 Å². The Bertz CT molecular complexity index is 975. The van der Waals surface area contributed by atoms with Gasteiger partial charge in [-0.05, 0) is 41.8 Å². The predicted octanol–water partition coefficient (Wildman–Crippen LogP) is 8.01. The van der Waals surface area contributed by atoms with Crippen molar-refractivity contribution in [2.24, 2.45) is 0 Å². The van der Waals surface area contributed by atoms with E-state index >= 15 is 0 Å². The van der Waals surface area contributed by atoms with Crippen LogP contribution in [0.3, 0.4) is 0 Å². The maximum Gasteiger partial charge on any atom is 0.159 e. The molecule has 2 aromatic carbocycles.